The van der Waals surface area contributed by atoms with E-state index in [1.54, 1.807) is 0 Å². The number of benzene rings is 3. The molecule has 6 nitrogen and oxygen atoms in total. The number of aliphatic carboxylic acids is 1. The lowest BCUT2D eigenvalue weighted by Crippen LogP contribution is -2.35. The Morgan fingerprint density at radius 3 is 2.06 bits per heavy atom. The van der Waals surface area contributed by atoms with Crippen molar-refractivity contribution >= 4 is 17.7 Å². The predicted octanol–water partition coefficient (Wildman–Crippen LogP) is 4.53. The van der Waals surface area contributed by atoms with Crippen molar-refractivity contribution in [1.82, 2.24) is 5.32 Å². The third-order valence-corrected chi connectivity index (χ3v) is 6.12. The van der Waals surface area contributed by atoms with Crippen molar-refractivity contribution in [3.05, 3.63) is 89.5 Å². The molecule has 6 heteroatoms. The average molecular weight is 445 g/mol. The van der Waals surface area contributed by atoms with Crippen LogP contribution in [-0.4, -0.2) is 44.4 Å². The number of hydrogen-bond acceptors (Lipinski definition) is 4. The summed E-state index contributed by atoms with van der Waals surface area (Å²) in [4.78, 5) is 26.1. The van der Waals surface area contributed by atoms with Gasteiger partial charge in [0.05, 0.1) is 5.92 Å². The van der Waals surface area contributed by atoms with Gasteiger partial charge in [0.15, 0.2) is 0 Å². The van der Waals surface area contributed by atoms with Gasteiger partial charge in [-0.25, -0.2) is 4.79 Å². The second kappa shape index (κ2) is 9.77. The molecule has 170 valence electrons. The summed E-state index contributed by atoms with van der Waals surface area (Å²) in [5.41, 5.74) is 6.54. The van der Waals surface area contributed by atoms with Crippen molar-refractivity contribution in [1.29, 1.82) is 0 Å². The SMILES string of the molecule is CN(C)c1ccc(C[C@H](CNC(=O)OCC2c3ccccc3-c3ccccc32)C(=O)O)cc1. The lowest BCUT2D eigenvalue weighted by atomic mass is 9.98. The summed E-state index contributed by atoms with van der Waals surface area (Å²) in [7, 11) is 3.90. The van der Waals surface area contributed by atoms with E-state index in [0.717, 1.165) is 33.5 Å². The molecule has 0 aromatic heterocycles. The van der Waals surface area contributed by atoms with E-state index in [-0.39, 0.29) is 19.1 Å². The Hall–Kier alpha value is -3.80. The van der Waals surface area contributed by atoms with E-state index in [1.165, 1.54) is 0 Å². The highest BCUT2D eigenvalue weighted by molar-refractivity contribution is 5.79. The lowest BCUT2D eigenvalue weighted by molar-refractivity contribution is -0.141. The van der Waals surface area contributed by atoms with Gasteiger partial charge in [-0.05, 0) is 46.4 Å². The second-order valence-corrected chi connectivity index (χ2v) is 8.51. The Bertz CT molecular complexity index is 1100. The van der Waals surface area contributed by atoms with Gasteiger partial charge in [-0.2, -0.15) is 0 Å². The van der Waals surface area contributed by atoms with Crippen molar-refractivity contribution < 1.29 is 19.4 Å². The van der Waals surface area contributed by atoms with Crippen molar-refractivity contribution in [3.8, 4) is 11.1 Å². The normalized spacial score (nSPS) is 13.0. The summed E-state index contributed by atoms with van der Waals surface area (Å²) in [5, 5.41) is 12.2. The zero-order chi connectivity index (χ0) is 23.4. The number of carbonyl (C=O) groups excluding carboxylic acids is 1. The Morgan fingerprint density at radius 2 is 1.52 bits per heavy atom. The third-order valence-electron chi connectivity index (χ3n) is 6.12. The van der Waals surface area contributed by atoms with Crippen molar-refractivity contribution in [3.63, 3.8) is 0 Å². The summed E-state index contributed by atoms with van der Waals surface area (Å²) in [6, 6.07) is 24.0. The number of nitrogens with zero attached hydrogens (tertiary/aromatic N) is 1. The first-order valence-corrected chi connectivity index (χ1v) is 11.0. The van der Waals surface area contributed by atoms with Gasteiger partial charge in [0.2, 0.25) is 0 Å². The number of anilines is 1. The molecular weight excluding hydrogens is 416 g/mol. The molecule has 0 saturated heterocycles. The van der Waals surface area contributed by atoms with E-state index in [2.05, 4.69) is 29.6 Å². The second-order valence-electron chi connectivity index (χ2n) is 8.51. The molecule has 0 heterocycles. The minimum absolute atomic E-state index is 0.00143. The van der Waals surface area contributed by atoms with Crippen LogP contribution < -0.4 is 10.2 Å². The molecule has 0 unspecified atom stereocenters. The minimum atomic E-state index is -0.953. The number of carboxylic acids is 1. The molecule has 4 rings (SSSR count). The average Bonchev–Trinajstić information content (AvgIpc) is 3.14. The zero-order valence-electron chi connectivity index (χ0n) is 18.8. The Labute approximate surface area is 193 Å². The fourth-order valence-corrected chi connectivity index (χ4v) is 4.32. The van der Waals surface area contributed by atoms with Crippen LogP contribution in [0.25, 0.3) is 11.1 Å². The van der Waals surface area contributed by atoms with Crippen LogP contribution in [-0.2, 0) is 16.0 Å². The molecule has 1 aliphatic rings. The summed E-state index contributed by atoms with van der Waals surface area (Å²) >= 11 is 0. The third kappa shape index (κ3) is 5.00. The van der Waals surface area contributed by atoms with Gasteiger partial charge in [-0.1, -0.05) is 60.7 Å². The highest BCUT2D eigenvalue weighted by atomic mass is 16.5. The van der Waals surface area contributed by atoms with Gasteiger partial charge in [0, 0.05) is 32.2 Å². The Kier molecular flexibility index (Phi) is 6.63. The molecule has 0 radical (unpaired) electrons. The molecule has 0 bridgehead atoms. The molecule has 0 saturated carbocycles. The minimum Gasteiger partial charge on any atom is -0.481 e. The molecule has 1 amide bonds. The first-order chi connectivity index (χ1) is 15.9. The summed E-state index contributed by atoms with van der Waals surface area (Å²) < 4.78 is 5.51. The first-order valence-electron chi connectivity index (χ1n) is 11.0. The number of nitrogens with one attached hydrogen (secondary N) is 1. The number of alkyl carbamates (subject to hydrolysis) is 1. The molecule has 0 fully saturated rings. The highest BCUT2D eigenvalue weighted by Crippen LogP contribution is 2.44. The van der Waals surface area contributed by atoms with E-state index < -0.39 is 18.0 Å². The maximum absolute atomic E-state index is 12.4. The summed E-state index contributed by atoms with van der Waals surface area (Å²) in [6.07, 6.45) is -0.279. The van der Waals surface area contributed by atoms with E-state index in [4.69, 9.17) is 4.74 Å². The van der Waals surface area contributed by atoms with Crippen molar-refractivity contribution in [2.45, 2.75) is 12.3 Å². The van der Waals surface area contributed by atoms with Crippen LogP contribution in [0.4, 0.5) is 10.5 Å². The van der Waals surface area contributed by atoms with Crippen molar-refractivity contribution in [2.24, 2.45) is 5.92 Å². The Morgan fingerprint density at radius 1 is 0.939 bits per heavy atom. The van der Waals surface area contributed by atoms with Gasteiger partial charge in [0.25, 0.3) is 0 Å². The molecule has 3 aromatic carbocycles. The molecule has 1 aliphatic carbocycles. The number of amides is 1. The van der Waals surface area contributed by atoms with Crippen LogP contribution >= 0.6 is 0 Å². The van der Waals surface area contributed by atoms with Gasteiger partial charge >= 0.3 is 12.1 Å². The van der Waals surface area contributed by atoms with Crippen LogP contribution in [0.3, 0.4) is 0 Å². The van der Waals surface area contributed by atoms with E-state index in [9.17, 15) is 14.7 Å². The van der Waals surface area contributed by atoms with Gasteiger partial charge in [-0.15, -0.1) is 0 Å². The number of rotatable bonds is 8. The summed E-state index contributed by atoms with van der Waals surface area (Å²) in [5.74, 6) is -1.73. The number of carboxylic acid groups (broad SMARTS) is 1. The van der Waals surface area contributed by atoms with Crippen LogP contribution in [0.2, 0.25) is 0 Å². The molecule has 2 N–H and O–H groups in total. The van der Waals surface area contributed by atoms with Crippen LogP contribution in [0.1, 0.15) is 22.6 Å². The largest absolute Gasteiger partial charge is 0.481 e. The lowest BCUT2D eigenvalue weighted by Gasteiger charge is -2.17. The molecule has 0 aliphatic heterocycles. The maximum Gasteiger partial charge on any atom is 0.407 e. The zero-order valence-corrected chi connectivity index (χ0v) is 18.8. The number of hydrogen-bond donors (Lipinski definition) is 2. The topological polar surface area (TPSA) is 78.9 Å². The number of carbonyl (C=O) groups is 2. The van der Waals surface area contributed by atoms with Crippen LogP contribution in [0.15, 0.2) is 72.8 Å². The van der Waals surface area contributed by atoms with Crippen LogP contribution in [0.5, 0.6) is 0 Å². The van der Waals surface area contributed by atoms with E-state index in [1.807, 2.05) is 67.5 Å². The molecular formula is C27H28N2O4. The number of fused-ring (bicyclic) bond motifs is 3. The van der Waals surface area contributed by atoms with Gasteiger partial charge in [0.1, 0.15) is 6.61 Å². The molecule has 3 aromatic rings. The van der Waals surface area contributed by atoms with Gasteiger partial charge < -0.3 is 20.1 Å². The summed E-state index contributed by atoms with van der Waals surface area (Å²) in [6.45, 7) is 0.199. The molecule has 0 spiro atoms. The predicted molar refractivity (Wildman–Crippen MR) is 129 cm³/mol. The van der Waals surface area contributed by atoms with Crippen molar-refractivity contribution in [2.75, 3.05) is 32.1 Å². The molecule has 1 atom stereocenters. The fraction of sp³-hybridized carbons (Fsp3) is 0.259. The fourth-order valence-electron chi connectivity index (χ4n) is 4.32. The van der Waals surface area contributed by atoms with E-state index >= 15 is 0 Å². The Balaban J connectivity index is 1.34. The smallest absolute Gasteiger partial charge is 0.407 e. The standard InChI is InChI=1S/C27H28N2O4/c1-29(2)20-13-11-18(12-14-20)15-19(26(30)31)16-28-27(32)33-17-25-23-9-5-3-7-21(23)22-8-4-6-10-24(22)25/h3-14,19,25H,15-17H2,1-2H3,(H,28,32)(H,30,31)/t19-/m1/s1. The maximum atomic E-state index is 12.4. The van der Waals surface area contributed by atoms with Gasteiger partial charge in [-0.3, -0.25) is 4.79 Å². The quantitative estimate of drug-likeness (QED) is 0.534. The monoisotopic (exact) mass is 444 g/mol. The molecule has 33 heavy (non-hydrogen) atoms. The number of ether oxygens (including phenoxy) is 1. The first kappa shape index (κ1) is 22.4. The highest BCUT2D eigenvalue weighted by Gasteiger charge is 2.29. The van der Waals surface area contributed by atoms with E-state index in [0.29, 0.717) is 6.42 Å². The van der Waals surface area contributed by atoms with Crippen LogP contribution in [0, 0.1) is 5.92 Å².